The summed E-state index contributed by atoms with van der Waals surface area (Å²) in [4.78, 5) is 14.2. The number of halogens is 1. The van der Waals surface area contributed by atoms with Crippen molar-refractivity contribution in [2.75, 3.05) is 26.7 Å². The molecule has 3 unspecified atom stereocenters. The van der Waals surface area contributed by atoms with E-state index in [0.29, 0.717) is 0 Å². The Morgan fingerprint density at radius 3 is 2.74 bits per heavy atom. The molecule has 0 bridgehead atoms. The molecule has 0 radical (unpaired) electrons. The van der Waals surface area contributed by atoms with E-state index in [4.69, 9.17) is 16.3 Å². The zero-order valence-corrected chi connectivity index (χ0v) is 21.9. The first-order valence-electron chi connectivity index (χ1n) is 7.90. The van der Waals surface area contributed by atoms with Gasteiger partial charge < -0.3 is 20.3 Å². The number of nitrogens with zero attached hydrogens (tertiary/aromatic N) is 1. The van der Waals surface area contributed by atoms with E-state index in [9.17, 15) is 4.79 Å². The van der Waals surface area contributed by atoms with Crippen LogP contribution in [0.2, 0.25) is 0 Å². The third-order valence-electron chi connectivity index (χ3n) is 3.78. The quantitative estimate of drug-likeness (QED) is 0.245. The Morgan fingerprint density at radius 1 is 1.43 bits per heavy atom. The average Bonchev–Trinajstić information content (AvgIpc) is 2.45. The summed E-state index contributed by atoms with van der Waals surface area (Å²) < 4.78 is 5.01. The molecule has 0 saturated carbocycles. The number of amides is 1. The molecule has 1 aliphatic rings. The molecule has 0 aliphatic carbocycles. The van der Waals surface area contributed by atoms with Crippen molar-refractivity contribution in [3.05, 3.63) is 18.9 Å². The van der Waals surface area contributed by atoms with Gasteiger partial charge in [0.2, 0.25) is 5.91 Å². The van der Waals surface area contributed by atoms with E-state index in [1.165, 1.54) is 0 Å². The molecular weight excluding hydrogens is 435 g/mol. The SMILES string of the molecule is C=C1NC(CCCCN(C[CH-]OC)CC(C)Cl)C(=O)NC1C.[Cs+]. The van der Waals surface area contributed by atoms with Crippen molar-refractivity contribution in [2.24, 2.45) is 0 Å². The second-order valence-corrected chi connectivity index (χ2v) is 6.64. The predicted octanol–water partition coefficient (Wildman–Crippen LogP) is -1.11. The van der Waals surface area contributed by atoms with Gasteiger partial charge in [-0.25, -0.2) is 0 Å². The van der Waals surface area contributed by atoms with Gasteiger partial charge >= 0.3 is 68.9 Å². The van der Waals surface area contributed by atoms with Crippen molar-refractivity contribution in [3.8, 4) is 0 Å². The van der Waals surface area contributed by atoms with Gasteiger partial charge in [0, 0.05) is 17.6 Å². The van der Waals surface area contributed by atoms with Crippen LogP contribution in [-0.2, 0) is 9.53 Å². The maximum absolute atomic E-state index is 11.9. The molecule has 1 aliphatic heterocycles. The monoisotopic (exact) mass is 463 g/mol. The molecule has 1 amide bonds. The van der Waals surface area contributed by atoms with Crippen LogP contribution in [0.3, 0.4) is 0 Å². The van der Waals surface area contributed by atoms with Gasteiger partial charge in [0.25, 0.3) is 0 Å². The third-order valence-corrected chi connectivity index (χ3v) is 3.92. The molecule has 1 heterocycles. The number of hydrogen-bond donors (Lipinski definition) is 2. The van der Waals surface area contributed by atoms with Crippen LogP contribution in [0.4, 0.5) is 0 Å². The Balaban J connectivity index is 0.00000484. The number of carbonyl (C=O) groups excluding carboxylic acids is 1. The van der Waals surface area contributed by atoms with E-state index in [0.717, 1.165) is 44.6 Å². The molecule has 7 heteroatoms. The average molecular weight is 464 g/mol. The van der Waals surface area contributed by atoms with Gasteiger partial charge in [0.05, 0.1) is 6.04 Å². The van der Waals surface area contributed by atoms with Crippen molar-refractivity contribution < 1.29 is 78.4 Å². The van der Waals surface area contributed by atoms with E-state index in [1.807, 2.05) is 13.8 Å². The second-order valence-electron chi connectivity index (χ2n) is 5.89. The van der Waals surface area contributed by atoms with Crippen LogP contribution in [-0.4, -0.2) is 55.0 Å². The fraction of sp³-hybridized carbons (Fsp3) is 0.750. The number of piperazine rings is 1. The van der Waals surface area contributed by atoms with Crippen LogP contribution >= 0.6 is 11.6 Å². The van der Waals surface area contributed by atoms with E-state index < -0.39 is 0 Å². The molecule has 128 valence electrons. The number of alkyl halides is 1. The van der Waals surface area contributed by atoms with Crippen molar-refractivity contribution in [3.63, 3.8) is 0 Å². The molecule has 5 nitrogen and oxygen atoms in total. The zero-order valence-electron chi connectivity index (χ0n) is 14.9. The van der Waals surface area contributed by atoms with Crippen molar-refractivity contribution in [1.82, 2.24) is 15.5 Å². The zero-order chi connectivity index (χ0) is 16.5. The molecule has 3 atom stereocenters. The summed E-state index contributed by atoms with van der Waals surface area (Å²) in [5, 5.41) is 6.25. The van der Waals surface area contributed by atoms with Crippen molar-refractivity contribution in [1.29, 1.82) is 0 Å². The molecule has 2 N–H and O–H groups in total. The molecule has 0 aromatic carbocycles. The fourth-order valence-corrected chi connectivity index (χ4v) is 2.69. The van der Waals surface area contributed by atoms with Gasteiger partial charge in [-0.2, -0.15) is 6.61 Å². The summed E-state index contributed by atoms with van der Waals surface area (Å²) in [5.41, 5.74) is 0.886. The summed E-state index contributed by atoms with van der Waals surface area (Å²) in [7, 11) is 1.66. The number of ether oxygens (including phenoxy) is 1. The molecule has 1 rings (SSSR count). The van der Waals surface area contributed by atoms with Gasteiger partial charge in [0.15, 0.2) is 0 Å². The fourth-order valence-electron chi connectivity index (χ4n) is 2.50. The van der Waals surface area contributed by atoms with Gasteiger partial charge in [-0.1, -0.05) is 6.58 Å². The molecular formula is C16H29ClCsN3O2. The Bertz CT molecular complexity index is 369. The minimum atomic E-state index is -0.158. The number of hydrogen-bond acceptors (Lipinski definition) is 4. The molecule has 1 fully saturated rings. The first-order chi connectivity index (χ1) is 10.4. The van der Waals surface area contributed by atoms with Crippen LogP contribution < -0.4 is 79.5 Å². The smallest absolute Gasteiger partial charge is 0.553 e. The number of unbranched alkanes of at least 4 members (excludes halogenated alkanes) is 1. The minimum absolute atomic E-state index is 0. The normalized spacial score (nSPS) is 22.3. The summed E-state index contributed by atoms with van der Waals surface area (Å²) in [6.07, 6.45) is 2.82. The van der Waals surface area contributed by atoms with Crippen LogP contribution in [0.25, 0.3) is 0 Å². The van der Waals surface area contributed by atoms with Crippen molar-refractivity contribution >= 4 is 17.5 Å². The molecule has 0 aromatic heterocycles. The minimum Gasteiger partial charge on any atom is -0.553 e. The van der Waals surface area contributed by atoms with Gasteiger partial charge in [-0.3, -0.25) is 4.79 Å². The van der Waals surface area contributed by atoms with Crippen LogP contribution in [0, 0.1) is 6.61 Å². The first-order valence-corrected chi connectivity index (χ1v) is 8.34. The van der Waals surface area contributed by atoms with E-state index >= 15 is 0 Å². The maximum atomic E-state index is 11.9. The Labute approximate surface area is 204 Å². The summed E-state index contributed by atoms with van der Waals surface area (Å²) in [5.74, 6) is 0.0684. The Kier molecular flexibility index (Phi) is 14.2. The molecule has 0 spiro atoms. The largest absolute Gasteiger partial charge is 1.00 e. The first kappa shape index (κ1) is 24.3. The maximum Gasteiger partial charge on any atom is 1.00 e. The second kappa shape index (κ2) is 13.5. The topological polar surface area (TPSA) is 53.6 Å². The Hall–Kier alpha value is 1.27. The molecule has 0 aromatic rings. The summed E-state index contributed by atoms with van der Waals surface area (Å²) in [6.45, 7) is 12.2. The number of methoxy groups -OCH3 is 1. The van der Waals surface area contributed by atoms with Gasteiger partial charge in [-0.05, 0) is 46.8 Å². The van der Waals surface area contributed by atoms with Crippen LogP contribution in [0.15, 0.2) is 12.3 Å². The van der Waals surface area contributed by atoms with Crippen LogP contribution in [0.1, 0.15) is 33.1 Å². The van der Waals surface area contributed by atoms with E-state index in [2.05, 4.69) is 22.1 Å². The van der Waals surface area contributed by atoms with Gasteiger partial charge in [0.1, 0.15) is 6.04 Å². The van der Waals surface area contributed by atoms with Gasteiger partial charge in [-0.15, -0.1) is 18.1 Å². The molecule has 23 heavy (non-hydrogen) atoms. The number of nitrogens with one attached hydrogen (secondary N) is 2. The summed E-state index contributed by atoms with van der Waals surface area (Å²) in [6, 6.07) is -0.149. The summed E-state index contributed by atoms with van der Waals surface area (Å²) >= 11 is 6.07. The standard InChI is InChI=1S/C16H29ClN3O2.Cs/c1-12(17)11-20(9-10-22-4)8-6-5-7-15-16(21)19-14(3)13(2)18-15;/h10,12,14-15,18H,2,5-9,11H2,1,3-4H3,(H,19,21);/q-1;+1. The third kappa shape index (κ3) is 10.1. The van der Waals surface area contributed by atoms with E-state index in [1.54, 1.807) is 13.7 Å². The van der Waals surface area contributed by atoms with E-state index in [-0.39, 0.29) is 92.3 Å². The predicted molar refractivity (Wildman–Crippen MR) is 90.6 cm³/mol. The number of carbonyl (C=O) groups is 1. The number of rotatable bonds is 10. The van der Waals surface area contributed by atoms with Crippen LogP contribution in [0.5, 0.6) is 0 Å². The Morgan fingerprint density at radius 2 is 2.13 bits per heavy atom. The molecule has 1 saturated heterocycles. The van der Waals surface area contributed by atoms with Crippen molar-refractivity contribution in [2.45, 2.75) is 50.6 Å².